The van der Waals surface area contributed by atoms with E-state index < -0.39 is 17.7 Å². The first-order valence-corrected chi connectivity index (χ1v) is 10.4. The number of carbonyl (C=O) groups excluding carboxylic acids is 4. The van der Waals surface area contributed by atoms with Crippen LogP contribution < -0.4 is 5.32 Å². The second-order valence-corrected chi connectivity index (χ2v) is 7.94. The number of hydrogen-bond donors (Lipinski definition) is 1. The van der Waals surface area contributed by atoms with Gasteiger partial charge in [0.2, 0.25) is 6.04 Å². The summed E-state index contributed by atoms with van der Waals surface area (Å²) in [7, 11) is 0. The Labute approximate surface area is 190 Å². The Hall–Kier alpha value is -4.26. The number of carbonyl (C=O) groups is 4. The Morgan fingerprint density at radius 2 is 1.52 bits per heavy atom. The van der Waals surface area contributed by atoms with Gasteiger partial charge < -0.3 is 5.32 Å². The molecule has 0 spiro atoms. The number of ketones is 3. The van der Waals surface area contributed by atoms with E-state index >= 15 is 0 Å². The molecule has 0 saturated heterocycles. The number of Topliss-reactive ketones (excluding diaryl/α,β-unsaturated/α-hetero) is 1. The minimum Gasteiger partial charge on any atom is -0.324 e. The number of anilines is 1. The Morgan fingerprint density at radius 1 is 0.848 bits per heavy atom. The number of fused-ring (bicyclic) bond motifs is 2. The predicted octanol–water partition coefficient (Wildman–Crippen LogP) is 4.76. The lowest BCUT2D eigenvalue weighted by molar-refractivity contribution is -0.126. The monoisotopic (exact) mass is 439 g/mol. The van der Waals surface area contributed by atoms with Gasteiger partial charge in [0, 0.05) is 22.4 Å². The minimum atomic E-state index is -1.40. The zero-order valence-corrected chi connectivity index (χ0v) is 18.4. The van der Waals surface area contributed by atoms with Crippen molar-refractivity contribution in [1.29, 1.82) is 0 Å². The molecule has 1 aliphatic carbocycles. The number of rotatable bonds is 5. The van der Waals surface area contributed by atoms with Crippen LogP contribution in [0.3, 0.4) is 0 Å². The summed E-state index contributed by atoms with van der Waals surface area (Å²) >= 11 is 0. The van der Waals surface area contributed by atoms with E-state index in [9.17, 15) is 19.2 Å². The molecule has 7 heteroatoms. The van der Waals surface area contributed by atoms with E-state index in [4.69, 9.17) is 0 Å². The molecule has 0 saturated carbocycles. The van der Waals surface area contributed by atoms with Gasteiger partial charge in [-0.15, -0.1) is 0 Å². The van der Waals surface area contributed by atoms with Gasteiger partial charge in [-0.05, 0) is 38.5 Å². The fourth-order valence-electron chi connectivity index (χ4n) is 3.80. The topological polar surface area (TPSA) is 105 Å². The van der Waals surface area contributed by atoms with Gasteiger partial charge in [0.25, 0.3) is 5.91 Å². The van der Waals surface area contributed by atoms with Crippen molar-refractivity contribution in [2.45, 2.75) is 26.8 Å². The molecule has 3 aromatic rings. The second-order valence-electron chi connectivity index (χ2n) is 7.94. The van der Waals surface area contributed by atoms with Crippen LogP contribution in [0.25, 0.3) is 0 Å². The summed E-state index contributed by atoms with van der Waals surface area (Å²) in [5.41, 5.74) is 3.54. The third kappa shape index (κ3) is 4.13. The predicted molar refractivity (Wildman–Crippen MR) is 123 cm³/mol. The molecule has 0 aliphatic heterocycles. The third-order valence-corrected chi connectivity index (χ3v) is 5.48. The molecule has 164 valence electrons. The first-order valence-electron chi connectivity index (χ1n) is 10.4. The molecule has 0 aromatic heterocycles. The SMILES string of the molecule is CC(=O)[C@H](N=Nc1cccc2c1C(=O)c1ccccc1C2=O)C(=O)Nc1ccc(C)cc1C. The smallest absolute Gasteiger partial charge is 0.258 e. The van der Waals surface area contributed by atoms with Crippen LogP contribution in [0.5, 0.6) is 0 Å². The van der Waals surface area contributed by atoms with Crippen molar-refractivity contribution in [3.05, 3.63) is 94.0 Å². The van der Waals surface area contributed by atoms with E-state index in [1.807, 2.05) is 26.0 Å². The summed E-state index contributed by atoms with van der Waals surface area (Å²) in [6.45, 7) is 5.04. The van der Waals surface area contributed by atoms with Gasteiger partial charge in [-0.2, -0.15) is 10.2 Å². The number of benzene rings is 3. The van der Waals surface area contributed by atoms with Gasteiger partial charge in [-0.1, -0.05) is 54.1 Å². The van der Waals surface area contributed by atoms with Crippen LogP contribution in [0.2, 0.25) is 0 Å². The Bertz CT molecular complexity index is 1360. The van der Waals surface area contributed by atoms with Crippen LogP contribution in [0.4, 0.5) is 11.4 Å². The minimum absolute atomic E-state index is 0.113. The fraction of sp³-hybridized carbons (Fsp3) is 0.154. The van der Waals surface area contributed by atoms with Crippen molar-refractivity contribution in [2.24, 2.45) is 10.2 Å². The summed E-state index contributed by atoms with van der Waals surface area (Å²) in [6.07, 6.45) is 0. The molecular formula is C26H21N3O4. The quantitative estimate of drug-likeness (QED) is 0.357. The highest BCUT2D eigenvalue weighted by Gasteiger charge is 2.32. The Morgan fingerprint density at radius 3 is 2.18 bits per heavy atom. The normalized spacial score (nSPS) is 13.4. The molecule has 3 aromatic carbocycles. The highest BCUT2D eigenvalue weighted by molar-refractivity contribution is 6.30. The Balaban J connectivity index is 1.66. The Kier molecular flexibility index (Phi) is 5.79. The number of amides is 1. The van der Waals surface area contributed by atoms with Crippen LogP contribution in [-0.4, -0.2) is 29.3 Å². The van der Waals surface area contributed by atoms with E-state index in [-0.39, 0.29) is 33.9 Å². The van der Waals surface area contributed by atoms with Crippen molar-refractivity contribution in [1.82, 2.24) is 0 Å². The van der Waals surface area contributed by atoms with Gasteiger partial charge in [-0.25, -0.2) is 0 Å². The molecule has 7 nitrogen and oxygen atoms in total. The van der Waals surface area contributed by atoms with Crippen LogP contribution >= 0.6 is 0 Å². The van der Waals surface area contributed by atoms with Crippen LogP contribution in [0, 0.1) is 13.8 Å². The van der Waals surface area contributed by atoms with Crippen molar-refractivity contribution in [3.8, 4) is 0 Å². The molecular weight excluding hydrogens is 418 g/mol. The summed E-state index contributed by atoms with van der Waals surface area (Å²) < 4.78 is 0. The van der Waals surface area contributed by atoms with E-state index in [0.29, 0.717) is 11.3 Å². The van der Waals surface area contributed by atoms with Crippen LogP contribution in [0.15, 0.2) is 70.9 Å². The average Bonchev–Trinajstić information content (AvgIpc) is 2.79. The maximum Gasteiger partial charge on any atom is 0.258 e. The molecule has 1 amide bonds. The molecule has 1 N–H and O–H groups in total. The molecule has 0 unspecified atom stereocenters. The number of aryl methyl sites for hydroxylation is 2. The molecule has 0 fully saturated rings. The number of hydrogen-bond acceptors (Lipinski definition) is 6. The number of azo groups is 1. The van der Waals surface area contributed by atoms with Gasteiger partial charge in [0.05, 0.1) is 11.3 Å². The summed E-state index contributed by atoms with van der Waals surface area (Å²) in [6, 6.07) is 15.4. The highest BCUT2D eigenvalue weighted by atomic mass is 16.2. The van der Waals surface area contributed by atoms with Gasteiger partial charge in [-0.3, -0.25) is 19.2 Å². The van der Waals surface area contributed by atoms with Gasteiger partial charge >= 0.3 is 0 Å². The number of nitrogens with zero attached hydrogens (tertiary/aromatic N) is 2. The maximum absolute atomic E-state index is 13.1. The van der Waals surface area contributed by atoms with Crippen LogP contribution in [-0.2, 0) is 9.59 Å². The van der Waals surface area contributed by atoms with Gasteiger partial charge in [0.1, 0.15) is 0 Å². The van der Waals surface area contributed by atoms with E-state index in [2.05, 4.69) is 15.5 Å². The molecule has 4 rings (SSSR count). The lowest BCUT2D eigenvalue weighted by atomic mass is 9.83. The zero-order valence-electron chi connectivity index (χ0n) is 18.4. The third-order valence-electron chi connectivity index (χ3n) is 5.48. The summed E-state index contributed by atoms with van der Waals surface area (Å²) in [4.78, 5) is 50.9. The standard InChI is InChI=1S/C26H21N3O4/c1-14-11-12-20(15(2)13-14)27-26(33)23(16(3)30)29-28-21-10-6-9-19-22(21)25(32)18-8-5-4-7-17(18)24(19)31/h4-13,23H,1-3H3,(H,27,33)/t23-/m0/s1. The van der Waals surface area contributed by atoms with E-state index in [1.165, 1.54) is 13.0 Å². The van der Waals surface area contributed by atoms with Crippen molar-refractivity contribution >= 4 is 34.6 Å². The van der Waals surface area contributed by atoms with E-state index in [0.717, 1.165) is 11.1 Å². The lowest BCUT2D eigenvalue weighted by Crippen LogP contribution is -2.32. The molecule has 0 bridgehead atoms. The molecule has 33 heavy (non-hydrogen) atoms. The summed E-state index contributed by atoms with van der Waals surface area (Å²) in [5.74, 6) is -1.77. The lowest BCUT2D eigenvalue weighted by Gasteiger charge is -2.18. The van der Waals surface area contributed by atoms with Gasteiger partial charge in [0.15, 0.2) is 17.3 Å². The molecule has 1 aliphatic rings. The first kappa shape index (κ1) is 22.0. The maximum atomic E-state index is 13.1. The second kappa shape index (κ2) is 8.70. The van der Waals surface area contributed by atoms with Crippen molar-refractivity contribution in [3.63, 3.8) is 0 Å². The highest BCUT2D eigenvalue weighted by Crippen LogP contribution is 2.33. The van der Waals surface area contributed by atoms with E-state index in [1.54, 1.807) is 42.5 Å². The zero-order chi connectivity index (χ0) is 23.7. The van der Waals surface area contributed by atoms with Crippen molar-refractivity contribution in [2.75, 3.05) is 5.32 Å². The molecule has 1 atom stereocenters. The molecule has 0 radical (unpaired) electrons. The van der Waals surface area contributed by atoms with Crippen molar-refractivity contribution < 1.29 is 19.2 Å². The first-order chi connectivity index (χ1) is 15.8. The average molecular weight is 439 g/mol. The molecule has 0 heterocycles. The van der Waals surface area contributed by atoms with Crippen LogP contribution in [0.1, 0.15) is 49.9 Å². The number of nitrogens with one attached hydrogen (secondary N) is 1. The fourth-order valence-corrected chi connectivity index (χ4v) is 3.80. The summed E-state index contributed by atoms with van der Waals surface area (Å²) in [5, 5.41) is 10.7. The largest absolute Gasteiger partial charge is 0.324 e.